The standard InChI is InChI=1S/C21H27N3O5/c1-13(2)12-24-16(20-17(27-3)6-5-7-18(20)28-4)11-15(23-24)21(26)22-14-8-9-29-19(25)10-14/h5-7,11,13-14H,8-10,12H2,1-4H3,(H,22,26)/t14-/m0/s1. The fraction of sp³-hybridized carbons (Fsp3) is 0.476. The Balaban J connectivity index is 1.97. The largest absolute Gasteiger partial charge is 0.496 e. The van der Waals surface area contributed by atoms with Gasteiger partial charge in [-0.15, -0.1) is 0 Å². The number of cyclic esters (lactones) is 1. The summed E-state index contributed by atoms with van der Waals surface area (Å²) in [7, 11) is 3.19. The Morgan fingerprint density at radius 2 is 2.00 bits per heavy atom. The lowest BCUT2D eigenvalue weighted by molar-refractivity contribution is -0.147. The van der Waals surface area contributed by atoms with Gasteiger partial charge < -0.3 is 19.5 Å². The maximum absolute atomic E-state index is 12.8. The zero-order chi connectivity index (χ0) is 21.0. The van der Waals surface area contributed by atoms with Gasteiger partial charge in [-0.05, 0) is 24.1 Å². The molecule has 0 unspecified atom stereocenters. The summed E-state index contributed by atoms with van der Waals surface area (Å²) < 4.78 is 17.8. The maximum atomic E-state index is 12.8. The first-order chi connectivity index (χ1) is 13.9. The number of hydrogen-bond acceptors (Lipinski definition) is 6. The molecule has 1 N–H and O–H groups in total. The van der Waals surface area contributed by atoms with Crippen molar-refractivity contribution in [2.75, 3.05) is 20.8 Å². The van der Waals surface area contributed by atoms with Crippen molar-refractivity contribution in [3.8, 4) is 22.8 Å². The van der Waals surface area contributed by atoms with Crippen molar-refractivity contribution in [1.82, 2.24) is 15.1 Å². The number of benzene rings is 1. The van der Waals surface area contributed by atoms with E-state index < -0.39 is 0 Å². The summed E-state index contributed by atoms with van der Waals surface area (Å²) in [5, 5.41) is 7.43. The quantitative estimate of drug-likeness (QED) is 0.717. The molecule has 2 aromatic rings. The summed E-state index contributed by atoms with van der Waals surface area (Å²) in [5.41, 5.74) is 1.76. The number of carbonyl (C=O) groups is 2. The zero-order valence-corrected chi connectivity index (χ0v) is 17.2. The van der Waals surface area contributed by atoms with E-state index in [1.54, 1.807) is 25.0 Å². The molecule has 1 aromatic carbocycles. The summed E-state index contributed by atoms with van der Waals surface area (Å²) in [6, 6.07) is 7.03. The molecule has 1 atom stereocenters. The van der Waals surface area contributed by atoms with Gasteiger partial charge >= 0.3 is 5.97 Å². The third kappa shape index (κ3) is 4.70. The zero-order valence-electron chi connectivity index (χ0n) is 17.2. The van der Waals surface area contributed by atoms with Crippen LogP contribution in [0.15, 0.2) is 24.3 Å². The predicted octanol–water partition coefficient (Wildman–Crippen LogP) is 2.66. The Bertz CT molecular complexity index is 868. The Labute approximate surface area is 170 Å². The monoisotopic (exact) mass is 401 g/mol. The fourth-order valence-electron chi connectivity index (χ4n) is 3.38. The number of ether oxygens (including phenoxy) is 3. The second-order valence-electron chi connectivity index (χ2n) is 7.41. The summed E-state index contributed by atoms with van der Waals surface area (Å²) in [5.74, 6) is 0.972. The maximum Gasteiger partial charge on any atom is 0.307 e. The molecule has 1 aromatic heterocycles. The number of aromatic nitrogens is 2. The number of carbonyl (C=O) groups excluding carboxylic acids is 2. The number of hydrogen-bond donors (Lipinski definition) is 1. The van der Waals surface area contributed by atoms with Crippen LogP contribution < -0.4 is 14.8 Å². The SMILES string of the molecule is COc1cccc(OC)c1-c1cc(C(=O)N[C@H]2CCOC(=O)C2)nn1CC(C)C. The number of nitrogens with one attached hydrogen (secondary N) is 1. The van der Waals surface area contributed by atoms with Crippen LogP contribution in [0.5, 0.6) is 11.5 Å². The van der Waals surface area contributed by atoms with E-state index in [0.29, 0.717) is 37.0 Å². The smallest absolute Gasteiger partial charge is 0.307 e. The molecule has 0 radical (unpaired) electrons. The van der Waals surface area contributed by atoms with Crippen molar-refractivity contribution in [1.29, 1.82) is 0 Å². The summed E-state index contributed by atoms with van der Waals surface area (Å²) in [4.78, 5) is 24.3. The lowest BCUT2D eigenvalue weighted by atomic mass is 10.1. The average Bonchev–Trinajstić information content (AvgIpc) is 3.10. The van der Waals surface area contributed by atoms with Crippen molar-refractivity contribution in [3.05, 3.63) is 30.0 Å². The third-order valence-corrected chi connectivity index (χ3v) is 4.71. The minimum atomic E-state index is -0.317. The van der Waals surface area contributed by atoms with Crippen LogP contribution in [0.1, 0.15) is 37.2 Å². The first-order valence-corrected chi connectivity index (χ1v) is 9.68. The average molecular weight is 401 g/mol. The Kier molecular flexibility index (Phi) is 6.41. The molecule has 3 rings (SSSR count). The van der Waals surface area contributed by atoms with Gasteiger partial charge in [0.1, 0.15) is 11.5 Å². The molecular weight excluding hydrogens is 374 g/mol. The highest BCUT2D eigenvalue weighted by Crippen LogP contribution is 2.38. The molecule has 8 heteroatoms. The van der Waals surface area contributed by atoms with Crippen molar-refractivity contribution >= 4 is 11.9 Å². The van der Waals surface area contributed by atoms with Gasteiger partial charge in [0.05, 0.1) is 38.5 Å². The minimum Gasteiger partial charge on any atom is -0.496 e. The van der Waals surface area contributed by atoms with Crippen molar-refractivity contribution in [2.45, 2.75) is 39.3 Å². The predicted molar refractivity (Wildman–Crippen MR) is 107 cm³/mol. The number of methoxy groups -OCH3 is 2. The van der Waals surface area contributed by atoms with Crippen LogP contribution in [-0.2, 0) is 16.1 Å². The molecule has 1 aliphatic rings. The molecule has 0 bridgehead atoms. The summed E-state index contributed by atoms with van der Waals surface area (Å²) in [6.45, 7) is 5.10. The second kappa shape index (κ2) is 8.98. The van der Waals surface area contributed by atoms with Gasteiger partial charge in [-0.1, -0.05) is 19.9 Å². The van der Waals surface area contributed by atoms with E-state index in [9.17, 15) is 9.59 Å². The van der Waals surface area contributed by atoms with Crippen LogP contribution in [0.4, 0.5) is 0 Å². The first kappa shape index (κ1) is 20.7. The van der Waals surface area contributed by atoms with E-state index >= 15 is 0 Å². The van der Waals surface area contributed by atoms with Gasteiger partial charge in [0.2, 0.25) is 0 Å². The van der Waals surface area contributed by atoms with Gasteiger partial charge in [0.15, 0.2) is 5.69 Å². The fourth-order valence-corrected chi connectivity index (χ4v) is 3.38. The Morgan fingerprint density at radius 1 is 1.31 bits per heavy atom. The lowest BCUT2D eigenvalue weighted by Crippen LogP contribution is -2.40. The molecule has 0 spiro atoms. The minimum absolute atomic E-state index is 0.172. The Morgan fingerprint density at radius 3 is 2.59 bits per heavy atom. The van der Waals surface area contributed by atoms with Crippen LogP contribution in [0, 0.1) is 5.92 Å². The van der Waals surface area contributed by atoms with E-state index in [-0.39, 0.29) is 30.0 Å². The van der Waals surface area contributed by atoms with E-state index in [1.807, 2.05) is 18.2 Å². The van der Waals surface area contributed by atoms with Crippen molar-refractivity contribution < 1.29 is 23.8 Å². The molecule has 0 aliphatic carbocycles. The second-order valence-corrected chi connectivity index (χ2v) is 7.41. The third-order valence-electron chi connectivity index (χ3n) is 4.71. The Hall–Kier alpha value is -3.03. The van der Waals surface area contributed by atoms with Crippen molar-refractivity contribution in [2.24, 2.45) is 5.92 Å². The molecular formula is C21H27N3O5. The molecule has 29 heavy (non-hydrogen) atoms. The van der Waals surface area contributed by atoms with Gasteiger partial charge in [0.25, 0.3) is 5.91 Å². The number of amides is 1. The van der Waals surface area contributed by atoms with E-state index in [2.05, 4.69) is 24.3 Å². The summed E-state index contributed by atoms with van der Waals surface area (Å²) in [6.07, 6.45) is 0.767. The molecule has 1 amide bonds. The highest BCUT2D eigenvalue weighted by atomic mass is 16.5. The highest BCUT2D eigenvalue weighted by molar-refractivity contribution is 5.94. The van der Waals surface area contributed by atoms with Gasteiger partial charge in [-0.3, -0.25) is 14.3 Å². The van der Waals surface area contributed by atoms with Gasteiger partial charge in [-0.2, -0.15) is 5.10 Å². The van der Waals surface area contributed by atoms with Crippen LogP contribution >= 0.6 is 0 Å². The summed E-state index contributed by atoms with van der Waals surface area (Å²) >= 11 is 0. The molecule has 0 saturated carbocycles. The number of esters is 1. The number of nitrogens with zero attached hydrogens (tertiary/aromatic N) is 2. The van der Waals surface area contributed by atoms with Gasteiger partial charge in [-0.25, -0.2) is 0 Å². The number of rotatable bonds is 7. The van der Waals surface area contributed by atoms with E-state index in [1.165, 1.54) is 0 Å². The molecule has 1 saturated heterocycles. The topological polar surface area (TPSA) is 91.7 Å². The van der Waals surface area contributed by atoms with Crippen molar-refractivity contribution in [3.63, 3.8) is 0 Å². The molecule has 1 aliphatic heterocycles. The first-order valence-electron chi connectivity index (χ1n) is 9.68. The van der Waals surface area contributed by atoms with Crippen LogP contribution in [0.3, 0.4) is 0 Å². The lowest BCUT2D eigenvalue weighted by Gasteiger charge is -2.21. The molecule has 1 fully saturated rings. The van der Waals surface area contributed by atoms with Gasteiger partial charge in [0, 0.05) is 19.0 Å². The van der Waals surface area contributed by atoms with Crippen LogP contribution in [-0.4, -0.2) is 48.5 Å². The van der Waals surface area contributed by atoms with E-state index in [0.717, 1.165) is 11.3 Å². The highest BCUT2D eigenvalue weighted by Gasteiger charge is 2.26. The van der Waals surface area contributed by atoms with Crippen LogP contribution in [0.25, 0.3) is 11.3 Å². The normalized spacial score (nSPS) is 16.4. The molecule has 8 nitrogen and oxygen atoms in total. The molecule has 2 heterocycles. The molecule has 156 valence electrons. The van der Waals surface area contributed by atoms with Crippen LogP contribution in [0.2, 0.25) is 0 Å². The van der Waals surface area contributed by atoms with E-state index in [4.69, 9.17) is 14.2 Å².